The van der Waals surface area contributed by atoms with Gasteiger partial charge in [0.2, 0.25) is 0 Å². The number of methoxy groups -OCH3 is 2. The lowest BCUT2D eigenvalue weighted by Gasteiger charge is -2.27. The molecule has 1 atom stereocenters. The Hall–Kier alpha value is -4.26. The summed E-state index contributed by atoms with van der Waals surface area (Å²) in [6, 6.07) is 19.3. The number of aryl methyl sites for hydroxylation is 1. The van der Waals surface area contributed by atoms with Crippen LogP contribution in [-0.2, 0) is 9.59 Å². The molecule has 0 bridgehead atoms. The summed E-state index contributed by atoms with van der Waals surface area (Å²) >= 11 is 0. The van der Waals surface area contributed by atoms with Crippen LogP contribution in [0.2, 0.25) is 0 Å². The predicted octanol–water partition coefficient (Wildman–Crippen LogP) is 5.48. The third-order valence-electron chi connectivity index (χ3n) is 6.75. The summed E-state index contributed by atoms with van der Waals surface area (Å²) in [5.41, 5.74) is 3.75. The zero-order valence-electron chi connectivity index (χ0n) is 21.8. The number of aliphatic hydroxyl groups excluding tert-OH is 1. The number of anilines is 2. The second-order valence-corrected chi connectivity index (χ2v) is 8.84. The molecule has 1 heterocycles. The number of nitrogens with zero attached hydrogens (tertiary/aromatic N) is 2. The Kier molecular flexibility index (Phi) is 7.53. The minimum absolute atomic E-state index is 0.0217. The fraction of sp³-hybridized carbons (Fsp3) is 0.267. The van der Waals surface area contributed by atoms with E-state index in [9.17, 15) is 14.7 Å². The number of aliphatic hydroxyl groups is 1. The van der Waals surface area contributed by atoms with Gasteiger partial charge in [-0.15, -0.1) is 0 Å². The summed E-state index contributed by atoms with van der Waals surface area (Å²) in [6.45, 7) is 7.85. The summed E-state index contributed by atoms with van der Waals surface area (Å²) in [4.78, 5) is 30.5. The maximum Gasteiger partial charge on any atom is 0.300 e. The van der Waals surface area contributed by atoms with Crippen molar-refractivity contribution in [2.45, 2.75) is 26.8 Å². The van der Waals surface area contributed by atoms with Gasteiger partial charge in [-0.3, -0.25) is 14.5 Å². The Morgan fingerprint density at radius 1 is 0.892 bits per heavy atom. The monoisotopic (exact) mass is 500 g/mol. The molecule has 0 spiro atoms. The minimum Gasteiger partial charge on any atom is -0.507 e. The zero-order chi connectivity index (χ0) is 26.7. The number of amides is 1. The SMILES string of the molecule is CCN(CC)c1ccc(C2/C(=C(/O)c3ccc(OC)c(OC)c3)C(=O)C(=O)N2c2ccc(C)cc2)cc1. The van der Waals surface area contributed by atoms with Gasteiger partial charge in [0.1, 0.15) is 5.76 Å². The molecule has 3 aromatic rings. The van der Waals surface area contributed by atoms with Gasteiger partial charge < -0.3 is 19.5 Å². The third-order valence-corrected chi connectivity index (χ3v) is 6.75. The van der Waals surface area contributed by atoms with Crippen LogP contribution in [0.15, 0.2) is 72.3 Å². The van der Waals surface area contributed by atoms with E-state index in [2.05, 4.69) is 18.7 Å². The van der Waals surface area contributed by atoms with Gasteiger partial charge in [-0.2, -0.15) is 0 Å². The summed E-state index contributed by atoms with van der Waals surface area (Å²) in [6.07, 6.45) is 0. The van der Waals surface area contributed by atoms with E-state index in [-0.39, 0.29) is 11.3 Å². The van der Waals surface area contributed by atoms with Gasteiger partial charge in [-0.05, 0) is 68.8 Å². The fourth-order valence-corrected chi connectivity index (χ4v) is 4.71. The number of ether oxygens (including phenoxy) is 2. The van der Waals surface area contributed by atoms with Crippen molar-refractivity contribution in [1.29, 1.82) is 0 Å². The van der Waals surface area contributed by atoms with Crippen LogP contribution in [0.25, 0.3) is 5.76 Å². The van der Waals surface area contributed by atoms with Crippen molar-refractivity contribution in [2.24, 2.45) is 0 Å². The molecule has 0 saturated carbocycles. The summed E-state index contributed by atoms with van der Waals surface area (Å²) < 4.78 is 10.7. The highest BCUT2D eigenvalue weighted by Gasteiger charge is 2.47. The smallest absolute Gasteiger partial charge is 0.300 e. The van der Waals surface area contributed by atoms with Gasteiger partial charge in [-0.25, -0.2) is 0 Å². The van der Waals surface area contributed by atoms with Gasteiger partial charge in [0.05, 0.1) is 25.8 Å². The quantitative estimate of drug-likeness (QED) is 0.251. The van der Waals surface area contributed by atoms with Crippen LogP contribution in [-0.4, -0.2) is 44.1 Å². The van der Waals surface area contributed by atoms with Gasteiger partial charge in [0, 0.05) is 30.0 Å². The average molecular weight is 501 g/mol. The highest BCUT2D eigenvalue weighted by molar-refractivity contribution is 6.51. The second-order valence-electron chi connectivity index (χ2n) is 8.84. The van der Waals surface area contributed by atoms with E-state index in [1.54, 1.807) is 18.2 Å². The summed E-state index contributed by atoms with van der Waals surface area (Å²) in [5, 5.41) is 11.4. The second kappa shape index (κ2) is 10.8. The van der Waals surface area contributed by atoms with Crippen molar-refractivity contribution in [3.05, 3.63) is 89.0 Å². The molecular formula is C30H32N2O5. The molecular weight excluding hydrogens is 468 g/mol. The first-order valence-corrected chi connectivity index (χ1v) is 12.3. The first-order chi connectivity index (χ1) is 17.8. The lowest BCUT2D eigenvalue weighted by Crippen LogP contribution is -2.29. The van der Waals surface area contributed by atoms with E-state index in [1.165, 1.54) is 19.1 Å². The van der Waals surface area contributed by atoms with Crippen LogP contribution in [0.5, 0.6) is 11.5 Å². The van der Waals surface area contributed by atoms with Crippen LogP contribution in [0.4, 0.5) is 11.4 Å². The molecule has 1 fully saturated rings. The zero-order valence-corrected chi connectivity index (χ0v) is 21.8. The van der Waals surface area contributed by atoms with Crippen molar-refractivity contribution in [1.82, 2.24) is 0 Å². The van der Waals surface area contributed by atoms with Crippen LogP contribution >= 0.6 is 0 Å². The summed E-state index contributed by atoms with van der Waals surface area (Å²) in [7, 11) is 3.02. The van der Waals surface area contributed by atoms with Crippen molar-refractivity contribution in [2.75, 3.05) is 37.1 Å². The molecule has 1 aliphatic heterocycles. The molecule has 0 radical (unpaired) electrons. The molecule has 1 unspecified atom stereocenters. The highest BCUT2D eigenvalue weighted by atomic mass is 16.5. The highest BCUT2D eigenvalue weighted by Crippen LogP contribution is 2.43. The number of Topliss-reactive ketones (excluding diaryl/α,β-unsaturated/α-hetero) is 1. The lowest BCUT2D eigenvalue weighted by atomic mass is 9.94. The first kappa shape index (κ1) is 25.8. The number of carbonyl (C=O) groups excluding carboxylic acids is 2. The number of hydrogen-bond acceptors (Lipinski definition) is 6. The maximum atomic E-state index is 13.4. The molecule has 0 aromatic heterocycles. The van der Waals surface area contributed by atoms with Crippen molar-refractivity contribution in [3.8, 4) is 11.5 Å². The summed E-state index contributed by atoms with van der Waals surface area (Å²) in [5.74, 6) is -0.816. The molecule has 37 heavy (non-hydrogen) atoms. The van der Waals surface area contributed by atoms with Crippen molar-refractivity contribution < 1.29 is 24.2 Å². The van der Waals surface area contributed by atoms with Crippen molar-refractivity contribution >= 4 is 28.8 Å². The Bertz CT molecular complexity index is 1330. The lowest BCUT2D eigenvalue weighted by molar-refractivity contribution is -0.132. The van der Waals surface area contributed by atoms with Crippen LogP contribution in [0.3, 0.4) is 0 Å². The molecule has 7 heteroatoms. The molecule has 1 N–H and O–H groups in total. The number of benzene rings is 3. The Balaban J connectivity index is 1.90. The number of hydrogen-bond donors (Lipinski definition) is 1. The van der Waals surface area contributed by atoms with Crippen molar-refractivity contribution in [3.63, 3.8) is 0 Å². The van der Waals surface area contributed by atoms with E-state index >= 15 is 0 Å². The first-order valence-electron chi connectivity index (χ1n) is 12.3. The maximum absolute atomic E-state index is 13.4. The van der Waals surface area contributed by atoms with Gasteiger partial charge in [0.25, 0.3) is 11.7 Å². The Morgan fingerprint density at radius 2 is 1.51 bits per heavy atom. The molecule has 3 aromatic carbocycles. The van der Waals surface area contributed by atoms with Crippen LogP contribution in [0, 0.1) is 6.92 Å². The number of ketones is 1. The van der Waals surface area contributed by atoms with E-state index in [4.69, 9.17) is 9.47 Å². The molecule has 7 nitrogen and oxygen atoms in total. The van der Waals surface area contributed by atoms with E-state index in [0.717, 1.165) is 29.9 Å². The minimum atomic E-state index is -0.804. The van der Waals surface area contributed by atoms with E-state index in [1.807, 2.05) is 55.5 Å². The number of carbonyl (C=O) groups is 2. The van der Waals surface area contributed by atoms with Gasteiger partial charge >= 0.3 is 0 Å². The standard InChI is InChI=1S/C30H32N2O5/c1-6-31(7-2)22-15-10-20(11-16-22)27-26(28(33)21-12-17-24(36-4)25(18-21)37-5)29(34)30(35)32(27)23-13-8-19(3)9-14-23/h8-18,27,33H,6-7H2,1-5H3/b28-26-. The topological polar surface area (TPSA) is 79.3 Å². The predicted molar refractivity (Wildman–Crippen MR) is 146 cm³/mol. The fourth-order valence-electron chi connectivity index (χ4n) is 4.71. The third kappa shape index (κ3) is 4.77. The molecule has 1 saturated heterocycles. The Labute approximate surface area is 217 Å². The molecule has 1 amide bonds. The number of rotatable bonds is 8. The van der Waals surface area contributed by atoms with Gasteiger partial charge in [0.15, 0.2) is 11.5 Å². The van der Waals surface area contributed by atoms with Gasteiger partial charge in [-0.1, -0.05) is 29.8 Å². The largest absolute Gasteiger partial charge is 0.507 e. The molecule has 1 aliphatic rings. The van der Waals surface area contributed by atoms with E-state index < -0.39 is 17.7 Å². The van der Waals surface area contributed by atoms with Crippen LogP contribution in [0.1, 0.15) is 36.6 Å². The van der Waals surface area contributed by atoms with Crippen LogP contribution < -0.4 is 19.3 Å². The Morgan fingerprint density at radius 3 is 2.08 bits per heavy atom. The average Bonchev–Trinajstić information content (AvgIpc) is 3.19. The normalized spacial score (nSPS) is 16.7. The van der Waals surface area contributed by atoms with E-state index in [0.29, 0.717) is 22.7 Å². The molecule has 4 rings (SSSR count). The molecule has 192 valence electrons. The molecule has 0 aliphatic carbocycles.